The smallest absolute Gasteiger partial charge is 0.413 e. The van der Waals surface area contributed by atoms with Crippen molar-refractivity contribution in [3.63, 3.8) is 0 Å². The minimum Gasteiger partial charge on any atom is -0.453 e. The van der Waals surface area contributed by atoms with E-state index >= 15 is 0 Å². The zero-order chi connectivity index (χ0) is 12.5. The SMILES string of the molecule is COC(=O)NC(=S)NCCCN1CCOCC1. The molecule has 0 aromatic heterocycles. The zero-order valence-corrected chi connectivity index (χ0v) is 10.8. The lowest BCUT2D eigenvalue weighted by atomic mass is 10.3. The molecule has 2 N–H and O–H groups in total. The van der Waals surface area contributed by atoms with Crippen LogP contribution in [-0.2, 0) is 9.47 Å². The van der Waals surface area contributed by atoms with Crippen LogP contribution in [0.3, 0.4) is 0 Å². The molecule has 0 bridgehead atoms. The average molecular weight is 261 g/mol. The van der Waals surface area contributed by atoms with E-state index in [1.54, 1.807) is 0 Å². The molecule has 1 saturated heterocycles. The van der Waals surface area contributed by atoms with Crippen molar-refractivity contribution in [2.45, 2.75) is 6.42 Å². The Labute approximate surface area is 107 Å². The third-order valence-corrected chi connectivity index (χ3v) is 2.69. The van der Waals surface area contributed by atoms with Gasteiger partial charge in [-0.1, -0.05) is 0 Å². The van der Waals surface area contributed by atoms with E-state index in [4.69, 9.17) is 17.0 Å². The summed E-state index contributed by atoms with van der Waals surface area (Å²) in [6.45, 7) is 5.36. The Morgan fingerprint density at radius 2 is 2.18 bits per heavy atom. The molecular weight excluding hydrogens is 242 g/mol. The van der Waals surface area contributed by atoms with Gasteiger partial charge in [-0.3, -0.25) is 10.2 Å². The van der Waals surface area contributed by atoms with Gasteiger partial charge in [-0.2, -0.15) is 0 Å². The maximum atomic E-state index is 10.8. The van der Waals surface area contributed by atoms with Crippen molar-refractivity contribution in [3.8, 4) is 0 Å². The fraction of sp³-hybridized carbons (Fsp3) is 0.800. The number of amides is 1. The number of thiocarbonyl (C=S) groups is 1. The Hall–Kier alpha value is -0.920. The molecule has 17 heavy (non-hydrogen) atoms. The van der Waals surface area contributed by atoms with Gasteiger partial charge in [0.1, 0.15) is 0 Å². The highest BCUT2D eigenvalue weighted by Gasteiger charge is 2.09. The number of nitrogens with one attached hydrogen (secondary N) is 2. The molecule has 1 rings (SSSR count). The number of hydrogen-bond acceptors (Lipinski definition) is 5. The minimum atomic E-state index is -0.546. The van der Waals surface area contributed by atoms with Crippen LogP contribution in [0.5, 0.6) is 0 Å². The molecule has 0 atom stereocenters. The summed E-state index contributed by atoms with van der Waals surface area (Å²) in [6.07, 6.45) is 0.430. The summed E-state index contributed by atoms with van der Waals surface area (Å²) < 4.78 is 9.68. The number of morpholine rings is 1. The molecule has 0 saturated carbocycles. The van der Waals surface area contributed by atoms with Crippen molar-refractivity contribution >= 4 is 23.4 Å². The summed E-state index contributed by atoms with van der Waals surface area (Å²) in [7, 11) is 1.30. The second-order valence-electron chi connectivity index (χ2n) is 3.68. The third-order valence-electron chi connectivity index (χ3n) is 2.44. The molecule has 98 valence electrons. The van der Waals surface area contributed by atoms with Crippen molar-refractivity contribution < 1.29 is 14.3 Å². The van der Waals surface area contributed by atoms with Gasteiger partial charge in [0.2, 0.25) is 0 Å². The molecule has 1 heterocycles. The van der Waals surface area contributed by atoms with E-state index in [0.29, 0.717) is 5.11 Å². The fourth-order valence-corrected chi connectivity index (χ4v) is 1.70. The van der Waals surface area contributed by atoms with E-state index in [0.717, 1.165) is 45.8 Å². The Kier molecular flexibility index (Phi) is 6.83. The van der Waals surface area contributed by atoms with Gasteiger partial charge in [0.15, 0.2) is 5.11 Å². The largest absolute Gasteiger partial charge is 0.453 e. The van der Waals surface area contributed by atoms with Crippen LogP contribution in [0.25, 0.3) is 0 Å². The summed E-state index contributed by atoms with van der Waals surface area (Å²) in [6, 6.07) is 0. The number of rotatable bonds is 4. The highest BCUT2D eigenvalue weighted by Crippen LogP contribution is 1.97. The van der Waals surface area contributed by atoms with Crippen LogP contribution in [0.1, 0.15) is 6.42 Å². The fourth-order valence-electron chi connectivity index (χ4n) is 1.52. The number of nitrogens with zero attached hydrogens (tertiary/aromatic N) is 1. The average Bonchev–Trinajstić information content (AvgIpc) is 2.36. The first kappa shape index (κ1) is 14.1. The van der Waals surface area contributed by atoms with Crippen molar-refractivity contribution in [1.29, 1.82) is 0 Å². The molecule has 6 nitrogen and oxygen atoms in total. The molecule has 0 aromatic carbocycles. The molecule has 0 radical (unpaired) electrons. The molecule has 0 spiro atoms. The predicted octanol–water partition coefficient (Wildman–Crippen LogP) is -0.0608. The quantitative estimate of drug-likeness (QED) is 0.546. The first-order valence-corrected chi connectivity index (χ1v) is 6.06. The summed E-state index contributed by atoms with van der Waals surface area (Å²) >= 11 is 4.91. The van der Waals surface area contributed by atoms with E-state index < -0.39 is 6.09 Å². The van der Waals surface area contributed by atoms with Crippen molar-refractivity contribution in [3.05, 3.63) is 0 Å². The maximum Gasteiger partial charge on any atom is 0.413 e. The molecule has 1 fully saturated rings. The standard InChI is InChI=1S/C10H19N3O3S/c1-15-10(14)12-9(17)11-3-2-4-13-5-7-16-8-6-13/h2-8H2,1H3,(H2,11,12,14,17). The Bertz CT molecular complexity index is 257. The topological polar surface area (TPSA) is 62.8 Å². The summed E-state index contributed by atoms with van der Waals surface area (Å²) in [4.78, 5) is 13.2. The lowest BCUT2D eigenvalue weighted by molar-refractivity contribution is 0.0376. The molecule has 1 amide bonds. The Balaban J connectivity index is 1.99. The predicted molar refractivity (Wildman–Crippen MR) is 68.0 cm³/mol. The molecule has 0 unspecified atom stereocenters. The van der Waals surface area contributed by atoms with Crippen LogP contribution in [0, 0.1) is 0 Å². The van der Waals surface area contributed by atoms with Crippen LogP contribution in [0.4, 0.5) is 4.79 Å². The van der Waals surface area contributed by atoms with E-state index in [2.05, 4.69) is 20.3 Å². The van der Waals surface area contributed by atoms with Crippen LogP contribution < -0.4 is 10.6 Å². The summed E-state index contributed by atoms with van der Waals surface area (Å²) in [5.74, 6) is 0. The third kappa shape index (κ3) is 6.40. The van der Waals surface area contributed by atoms with Crippen LogP contribution >= 0.6 is 12.2 Å². The lowest BCUT2D eigenvalue weighted by Crippen LogP contribution is -2.41. The minimum absolute atomic E-state index is 0.304. The second-order valence-corrected chi connectivity index (χ2v) is 4.09. The van der Waals surface area contributed by atoms with E-state index in [1.165, 1.54) is 7.11 Å². The Morgan fingerprint density at radius 3 is 2.82 bits per heavy atom. The van der Waals surface area contributed by atoms with Gasteiger partial charge in [0.25, 0.3) is 0 Å². The van der Waals surface area contributed by atoms with Gasteiger partial charge in [0, 0.05) is 19.6 Å². The maximum absolute atomic E-state index is 10.8. The number of carbonyl (C=O) groups excluding carboxylic acids is 1. The summed E-state index contributed by atoms with van der Waals surface area (Å²) in [5, 5.41) is 5.65. The van der Waals surface area contributed by atoms with Crippen molar-refractivity contribution in [2.24, 2.45) is 0 Å². The second kappa shape index (κ2) is 8.21. The Morgan fingerprint density at radius 1 is 1.47 bits per heavy atom. The van der Waals surface area contributed by atoms with Gasteiger partial charge in [-0.15, -0.1) is 0 Å². The monoisotopic (exact) mass is 261 g/mol. The molecule has 1 aliphatic heterocycles. The number of methoxy groups -OCH3 is 1. The molecule has 0 aliphatic carbocycles. The molecule has 7 heteroatoms. The van der Waals surface area contributed by atoms with Gasteiger partial charge in [-0.05, 0) is 25.2 Å². The van der Waals surface area contributed by atoms with E-state index in [9.17, 15) is 4.79 Å². The van der Waals surface area contributed by atoms with Crippen molar-refractivity contribution in [2.75, 3.05) is 46.5 Å². The highest BCUT2D eigenvalue weighted by atomic mass is 32.1. The molecular formula is C10H19N3O3S. The van der Waals surface area contributed by atoms with Gasteiger partial charge < -0.3 is 14.8 Å². The van der Waals surface area contributed by atoms with Crippen LogP contribution in [-0.4, -0.2) is 62.6 Å². The number of hydrogen-bond donors (Lipinski definition) is 2. The number of ether oxygens (including phenoxy) is 2. The first-order valence-electron chi connectivity index (χ1n) is 5.65. The first-order chi connectivity index (χ1) is 8.22. The van der Waals surface area contributed by atoms with E-state index in [-0.39, 0.29) is 0 Å². The summed E-state index contributed by atoms with van der Waals surface area (Å²) in [5.41, 5.74) is 0. The molecule has 1 aliphatic rings. The molecule has 0 aromatic rings. The van der Waals surface area contributed by atoms with Crippen LogP contribution in [0.2, 0.25) is 0 Å². The highest BCUT2D eigenvalue weighted by molar-refractivity contribution is 7.80. The van der Waals surface area contributed by atoms with Gasteiger partial charge in [-0.25, -0.2) is 4.79 Å². The zero-order valence-electron chi connectivity index (χ0n) is 10.0. The van der Waals surface area contributed by atoms with Gasteiger partial charge >= 0.3 is 6.09 Å². The van der Waals surface area contributed by atoms with E-state index in [1.807, 2.05) is 0 Å². The van der Waals surface area contributed by atoms with Crippen LogP contribution in [0.15, 0.2) is 0 Å². The number of alkyl carbamates (subject to hydrolysis) is 1. The number of carbonyl (C=O) groups is 1. The lowest BCUT2D eigenvalue weighted by Gasteiger charge is -2.26. The normalized spacial score (nSPS) is 16.3. The van der Waals surface area contributed by atoms with Crippen molar-refractivity contribution in [1.82, 2.24) is 15.5 Å². The van der Waals surface area contributed by atoms with Gasteiger partial charge in [0.05, 0.1) is 20.3 Å².